The number of anilines is 1. The molecule has 0 radical (unpaired) electrons. The zero-order valence-electron chi connectivity index (χ0n) is 13.3. The van der Waals surface area contributed by atoms with Crippen LogP contribution in [0.5, 0.6) is 0 Å². The Morgan fingerprint density at radius 3 is 2.82 bits per heavy atom. The number of carbonyl (C=O) groups excluding carboxylic acids is 1. The van der Waals surface area contributed by atoms with E-state index >= 15 is 0 Å². The normalized spacial score (nSPS) is 22.5. The van der Waals surface area contributed by atoms with E-state index in [0.29, 0.717) is 0 Å². The van der Waals surface area contributed by atoms with E-state index in [4.69, 9.17) is 0 Å². The first-order valence-corrected chi connectivity index (χ1v) is 8.58. The van der Waals surface area contributed by atoms with Gasteiger partial charge in [0.15, 0.2) is 0 Å². The van der Waals surface area contributed by atoms with E-state index in [0.717, 1.165) is 31.5 Å². The number of hydrogen-bond donors (Lipinski definition) is 1. The quantitative estimate of drug-likeness (QED) is 0.853. The van der Waals surface area contributed by atoms with Crippen molar-refractivity contribution >= 4 is 11.6 Å². The zero-order valence-corrected chi connectivity index (χ0v) is 13.3. The van der Waals surface area contributed by atoms with Gasteiger partial charge in [-0.25, -0.2) is 0 Å². The SMILES string of the molecule is O=C(Nc1cccc(CN2CCCCC2)c1)C1CC=CCC1. The standard InChI is InChI=1S/C19H26N2O/c22-19(17-9-3-1-4-10-17)20-18-11-7-8-16(14-18)15-21-12-5-2-6-13-21/h1,3,7-8,11,14,17H,2,4-6,9-10,12-13,15H2,(H,20,22). The monoisotopic (exact) mass is 298 g/mol. The molecule has 1 amide bonds. The van der Waals surface area contributed by atoms with Gasteiger partial charge >= 0.3 is 0 Å². The van der Waals surface area contributed by atoms with Crippen LogP contribution in [0.3, 0.4) is 0 Å². The van der Waals surface area contributed by atoms with Gasteiger partial charge in [-0.3, -0.25) is 9.69 Å². The van der Waals surface area contributed by atoms with Crippen LogP contribution in [-0.2, 0) is 11.3 Å². The smallest absolute Gasteiger partial charge is 0.227 e. The summed E-state index contributed by atoms with van der Waals surface area (Å²) in [4.78, 5) is 14.8. The summed E-state index contributed by atoms with van der Waals surface area (Å²) in [5.74, 6) is 0.301. The molecular formula is C19H26N2O. The molecule has 22 heavy (non-hydrogen) atoms. The predicted octanol–water partition coefficient (Wildman–Crippen LogP) is 3.97. The Morgan fingerprint density at radius 2 is 2.05 bits per heavy atom. The van der Waals surface area contributed by atoms with E-state index in [2.05, 4.69) is 40.6 Å². The Bertz CT molecular complexity index is 532. The Kier molecular flexibility index (Phi) is 5.28. The second kappa shape index (κ2) is 7.59. The molecule has 1 aromatic rings. The van der Waals surface area contributed by atoms with E-state index in [9.17, 15) is 4.79 Å². The summed E-state index contributed by atoms with van der Waals surface area (Å²) < 4.78 is 0. The van der Waals surface area contributed by atoms with Gasteiger partial charge in [0.2, 0.25) is 5.91 Å². The maximum absolute atomic E-state index is 12.3. The van der Waals surface area contributed by atoms with Crippen LogP contribution < -0.4 is 5.32 Å². The highest BCUT2D eigenvalue weighted by Crippen LogP contribution is 2.21. The molecule has 1 aliphatic heterocycles. The lowest BCUT2D eigenvalue weighted by molar-refractivity contribution is -0.120. The number of rotatable bonds is 4. The topological polar surface area (TPSA) is 32.3 Å². The molecule has 3 nitrogen and oxygen atoms in total. The first kappa shape index (κ1) is 15.3. The molecule has 0 bridgehead atoms. The summed E-state index contributed by atoms with van der Waals surface area (Å²) in [6.07, 6.45) is 11.1. The van der Waals surface area contributed by atoms with E-state index < -0.39 is 0 Å². The molecule has 3 heteroatoms. The molecule has 0 saturated carbocycles. The molecule has 1 aromatic carbocycles. The number of hydrogen-bond acceptors (Lipinski definition) is 2. The van der Waals surface area contributed by atoms with E-state index in [1.165, 1.54) is 37.9 Å². The molecule has 1 aliphatic carbocycles. The number of allylic oxidation sites excluding steroid dienone is 2. The third kappa shape index (κ3) is 4.20. The average molecular weight is 298 g/mol. The molecular weight excluding hydrogens is 272 g/mol. The van der Waals surface area contributed by atoms with E-state index in [-0.39, 0.29) is 11.8 Å². The van der Waals surface area contributed by atoms with Gasteiger partial charge in [0.25, 0.3) is 0 Å². The van der Waals surface area contributed by atoms with Gasteiger partial charge in [-0.2, -0.15) is 0 Å². The molecule has 0 aromatic heterocycles. The average Bonchev–Trinajstić information content (AvgIpc) is 2.57. The van der Waals surface area contributed by atoms with Gasteiger partial charge in [0.1, 0.15) is 0 Å². The number of likely N-dealkylation sites (tertiary alicyclic amines) is 1. The van der Waals surface area contributed by atoms with Gasteiger partial charge in [-0.1, -0.05) is 30.7 Å². The molecule has 1 atom stereocenters. The number of nitrogens with zero attached hydrogens (tertiary/aromatic N) is 1. The van der Waals surface area contributed by atoms with Gasteiger partial charge in [0.05, 0.1) is 0 Å². The lowest BCUT2D eigenvalue weighted by Gasteiger charge is -2.26. The van der Waals surface area contributed by atoms with Crippen LogP contribution in [-0.4, -0.2) is 23.9 Å². The molecule has 0 spiro atoms. The number of benzene rings is 1. The summed E-state index contributed by atoms with van der Waals surface area (Å²) in [7, 11) is 0. The third-order valence-electron chi connectivity index (χ3n) is 4.69. The summed E-state index contributed by atoms with van der Waals surface area (Å²) in [5, 5.41) is 3.10. The fraction of sp³-hybridized carbons (Fsp3) is 0.526. The van der Waals surface area contributed by atoms with Crippen LogP contribution in [0.2, 0.25) is 0 Å². The number of nitrogens with one attached hydrogen (secondary N) is 1. The highest BCUT2D eigenvalue weighted by molar-refractivity contribution is 5.92. The lowest BCUT2D eigenvalue weighted by Crippen LogP contribution is -2.29. The molecule has 1 N–H and O–H groups in total. The fourth-order valence-corrected chi connectivity index (χ4v) is 3.40. The first-order valence-electron chi connectivity index (χ1n) is 8.58. The first-order chi connectivity index (χ1) is 10.8. The Morgan fingerprint density at radius 1 is 1.18 bits per heavy atom. The molecule has 2 aliphatic rings. The van der Waals surface area contributed by atoms with Crippen LogP contribution in [0.1, 0.15) is 44.1 Å². The van der Waals surface area contributed by atoms with Crippen LogP contribution in [0.25, 0.3) is 0 Å². The molecule has 1 unspecified atom stereocenters. The van der Waals surface area contributed by atoms with Crippen molar-refractivity contribution in [2.24, 2.45) is 5.92 Å². The maximum Gasteiger partial charge on any atom is 0.227 e. The van der Waals surface area contributed by atoms with Crippen molar-refractivity contribution in [2.45, 2.75) is 45.1 Å². The minimum absolute atomic E-state index is 0.135. The van der Waals surface area contributed by atoms with Crippen molar-refractivity contribution in [1.29, 1.82) is 0 Å². The highest BCUT2D eigenvalue weighted by atomic mass is 16.1. The summed E-state index contributed by atoms with van der Waals surface area (Å²) >= 11 is 0. The van der Waals surface area contributed by atoms with Crippen LogP contribution in [0.15, 0.2) is 36.4 Å². The third-order valence-corrected chi connectivity index (χ3v) is 4.69. The largest absolute Gasteiger partial charge is 0.326 e. The molecule has 3 rings (SSSR count). The second-order valence-electron chi connectivity index (χ2n) is 6.51. The minimum Gasteiger partial charge on any atom is -0.326 e. The zero-order chi connectivity index (χ0) is 15.2. The number of amides is 1. The van der Waals surface area contributed by atoms with Crippen molar-refractivity contribution in [2.75, 3.05) is 18.4 Å². The predicted molar refractivity (Wildman–Crippen MR) is 90.7 cm³/mol. The van der Waals surface area contributed by atoms with Gasteiger partial charge in [-0.05, 0) is 62.9 Å². The van der Waals surface area contributed by atoms with Crippen molar-refractivity contribution in [1.82, 2.24) is 4.90 Å². The summed E-state index contributed by atoms with van der Waals surface area (Å²) in [5.41, 5.74) is 2.23. The Hall–Kier alpha value is -1.61. The Labute approximate surface area is 133 Å². The van der Waals surface area contributed by atoms with Crippen LogP contribution in [0, 0.1) is 5.92 Å². The number of carbonyl (C=O) groups is 1. The number of piperidine rings is 1. The summed E-state index contributed by atoms with van der Waals surface area (Å²) in [6.45, 7) is 3.39. The van der Waals surface area contributed by atoms with Crippen molar-refractivity contribution in [3.63, 3.8) is 0 Å². The highest BCUT2D eigenvalue weighted by Gasteiger charge is 2.18. The van der Waals surface area contributed by atoms with Gasteiger partial charge < -0.3 is 5.32 Å². The molecule has 1 fully saturated rings. The van der Waals surface area contributed by atoms with Gasteiger partial charge in [-0.15, -0.1) is 0 Å². The van der Waals surface area contributed by atoms with Crippen molar-refractivity contribution in [3.8, 4) is 0 Å². The molecule has 1 heterocycles. The lowest BCUT2D eigenvalue weighted by atomic mass is 9.93. The van der Waals surface area contributed by atoms with Crippen LogP contribution in [0.4, 0.5) is 5.69 Å². The van der Waals surface area contributed by atoms with Crippen LogP contribution >= 0.6 is 0 Å². The van der Waals surface area contributed by atoms with E-state index in [1.807, 2.05) is 6.07 Å². The molecule has 1 saturated heterocycles. The minimum atomic E-state index is 0.135. The Balaban J connectivity index is 1.58. The van der Waals surface area contributed by atoms with Crippen molar-refractivity contribution < 1.29 is 4.79 Å². The molecule has 118 valence electrons. The fourth-order valence-electron chi connectivity index (χ4n) is 3.40. The van der Waals surface area contributed by atoms with Gasteiger partial charge in [0, 0.05) is 18.2 Å². The van der Waals surface area contributed by atoms with Crippen molar-refractivity contribution in [3.05, 3.63) is 42.0 Å². The summed E-state index contributed by atoms with van der Waals surface area (Å²) in [6, 6.07) is 8.34. The second-order valence-corrected chi connectivity index (χ2v) is 6.51. The van der Waals surface area contributed by atoms with E-state index in [1.54, 1.807) is 0 Å². The maximum atomic E-state index is 12.3.